The zero-order chi connectivity index (χ0) is 10.7. The smallest absolute Gasteiger partial charge is 0.130 e. The molecule has 1 rings (SSSR count). The number of rotatable bonds is 1. The van der Waals surface area contributed by atoms with Gasteiger partial charge in [-0.2, -0.15) is 0 Å². The van der Waals surface area contributed by atoms with Gasteiger partial charge in [0.2, 0.25) is 0 Å². The molecule has 0 fully saturated rings. The Hall–Kier alpha value is -0.920. The van der Waals surface area contributed by atoms with E-state index in [4.69, 9.17) is 0 Å². The molecule has 1 aromatic rings. The van der Waals surface area contributed by atoms with E-state index in [9.17, 15) is 0 Å². The number of hydrogen-bond acceptors (Lipinski definition) is 2. The summed E-state index contributed by atoms with van der Waals surface area (Å²) in [7, 11) is 0. The van der Waals surface area contributed by atoms with Crippen LogP contribution in [-0.4, -0.2) is 9.97 Å². The molecule has 1 heterocycles. The number of aromatic nitrogens is 2. The first kappa shape index (κ1) is 14.6. The van der Waals surface area contributed by atoms with E-state index in [0.29, 0.717) is 5.92 Å². The highest BCUT2D eigenvalue weighted by Gasteiger charge is 1.97. The maximum absolute atomic E-state index is 4.07. The minimum Gasteiger partial charge on any atom is -0.241 e. The summed E-state index contributed by atoms with van der Waals surface area (Å²) in [5.74, 6) is 1.35. The van der Waals surface area contributed by atoms with Crippen LogP contribution in [0.5, 0.6) is 0 Å². The topological polar surface area (TPSA) is 25.8 Å². The fourth-order valence-electron chi connectivity index (χ4n) is 0.609. The molecule has 0 spiro atoms. The molecule has 0 bridgehead atoms. The molecule has 0 saturated carbocycles. The van der Waals surface area contributed by atoms with Crippen LogP contribution in [0.15, 0.2) is 18.5 Å². The lowest BCUT2D eigenvalue weighted by molar-refractivity contribution is 0.774. The van der Waals surface area contributed by atoms with Crippen molar-refractivity contribution < 1.29 is 0 Å². The first-order chi connectivity index (χ1) is 6.30. The summed E-state index contributed by atoms with van der Waals surface area (Å²) in [5.41, 5.74) is 0. The van der Waals surface area contributed by atoms with Crippen molar-refractivity contribution in [3.8, 4) is 0 Å². The molecule has 0 saturated heterocycles. The van der Waals surface area contributed by atoms with Crippen LogP contribution >= 0.6 is 0 Å². The highest BCUT2D eigenvalue weighted by atomic mass is 14.9. The molecule has 0 aliphatic rings. The Balaban J connectivity index is 0. The van der Waals surface area contributed by atoms with Gasteiger partial charge < -0.3 is 0 Å². The maximum Gasteiger partial charge on any atom is 0.130 e. The van der Waals surface area contributed by atoms with E-state index in [2.05, 4.69) is 23.8 Å². The van der Waals surface area contributed by atoms with Gasteiger partial charge in [0, 0.05) is 18.3 Å². The van der Waals surface area contributed by atoms with Crippen molar-refractivity contribution >= 4 is 0 Å². The minimum absolute atomic E-state index is 0.436. The fraction of sp³-hybridized carbons (Fsp3) is 0.636. The summed E-state index contributed by atoms with van der Waals surface area (Å²) < 4.78 is 0. The Kier molecular flexibility index (Phi) is 12.4. The van der Waals surface area contributed by atoms with Gasteiger partial charge in [0.05, 0.1) is 0 Å². The zero-order valence-electron chi connectivity index (χ0n) is 9.70. The molecule has 2 heteroatoms. The maximum atomic E-state index is 4.07. The third kappa shape index (κ3) is 7.44. The Morgan fingerprint density at radius 1 is 0.923 bits per heavy atom. The minimum atomic E-state index is 0.436. The molecule has 1 aromatic heterocycles. The standard InChI is InChI=1S/C7H10N2.2C2H6/c1-6(2)7-8-4-3-5-9-7;2*1-2/h3-6H,1-2H3;2*1-2H3. The predicted molar refractivity (Wildman–Crippen MR) is 58.8 cm³/mol. The van der Waals surface area contributed by atoms with Crippen molar-refractivity contribution in [2.45, 2.75) is 47.5 Å². The molecule has 0 N–H and O–H groups in total. The summed E-state index contributed by atoms with van der Waals surface area (Å²) >= 11 is 0. The van der Waals surface area contributed by atoms with Crippen molar-refractivity contribution in [2.24, 2.45) is 0 Å². The summed E-state index contributed by atoms with van der Waals surface area (Å²) in [6, 6.07) is 1.83. The monoisotopic (exact) mass is 182 g/mol. The summed E-state index contributed by atoms with van der Waals surface area (Å²) in [6.45, 7) is 12.2. The lowest BCUT2D eigenvalue weighted by Crippen LogP contribution is -1.93. The zero-order valence-corrected chi connectivity index (χ0v) is 9.70. The Morgan fingerprint density at radius 3 is 1.54 bits per heavy atom. The highest BCUT2D eigenvalue weighted by molar-refractivity contribution is 4.92. The van der Waals surface area contributed by atoms with Crippen LogP contribution in [0, 0.1) is 0 Å². The van der Waals surface area contributed by atoms with Gasteiger partial charge in [-0.3, -0.25) is 0 Å². The van der Waals surface area contributed by atoms with Crippen LogP contribution in [0.25, 0.3) is 0 Å². The van der Waals surface area contributed by atoms with Crippen molar-refractivity contribution in [1.29, 1.82) is 0 Å². The van der Waals surface area contributed by atoms with Crippen LogP contribution in [0.4, 0.5) is 0 Å². The normalized spacial score (nSPS) is 7.92. The van der Waals surface area contributed by atoms with Gasteiger partial charge in [0.1, 0.15) is 5.82 Å². The van der Waals surface area contributed by atoms with E-state index in [1.165, 1.54) is 0 Å². The van der Waals surface area contributed by atoms with Crippen LogP contribution < -0.4 is 0 Å². The van der Waals surface area contributed by atoms with Crippen LogP contribution in [-0.2, 0) is 0 Å². The fourth-order valence-corrected chi connectivity index (χ4v) is 0.609. The van der Waals surface area contributed by atoms with E-state index in [1.54, 1.807) is 12.4 Å². The van der Waals surface area contributed by atoms with E-state index in [1.807, 2.05) is 33.8 Å². The van der Waals surface area contributed by atoms with Crippen molar-refractivity contribution in [1.82, 2.24) is 9.97 Å². The molecular weight excluding hydrogens is 160 g/mol. The molecule has 0 unspecified atom stereocenters. The largest absolute Gasteiger partial charge is 0.241 e. The summed E-state index contributed by atoms with van der Waals surface area (Å²) in [5, 5.41) is 0. The molecular formula is C11H22N2. The lowest BCUT2D eigenvalue weighted by atomic mass is 10.2. The second-order valence-electron chi connectivity index (χ2n) is 2.26. The Bertz CT molecular complexity index is 171. The Morgan fingerprint density at radius 2 is 1.31 bits per heavy atom. The average Bonchev–Trinajstić information content (AvgIpc) is 2.25. The van der Waals surface area contributed by atoms with Crippen molar-refractivity contribution in [2.75, 3.05) is 0 Å². The molecule has 0 aromatic carbocycles. The second kappa shape index (κ2) is 11.1. The summed E-state index contributed by atoms with van der Waals surface area (Å²) in [6.07, 6.45) is 3.53. The third-order valence-corrected chi connectivity index (χ3v) is 1.10. The van der Waals surface area contributed by atoms with Crippen LogP contribution in [0.2, 0.25) is 0 Å². The number of nitrogens with zero attached hydrogens (tertiary/aromatic N) is 2. The highest BCUT2D eigenvalue weighted by Crippen LogP contribution is 2.04. The summed E-state index contributed by atoms with van der Waals surface area (Å²) in [4.78, 5) is 8.13. The molecule has 0 atom stereocenters. The van der Waals surface area contributed by atoms with Gasteiger partial charge in [0.25, 0.3) is 0 Å². The third-order valence-electron chi connectivity index (χ3n) is 1.10. The predicted octanol–water partition coefficient (Wildman–Crippen LogP) is 3.65. The molecule has 2 nitrogen and oxygen atoms in total. The molecule has 0 amide bonds. The lowest BCUT2D eigenvalue weighted by Gasteiger charge is -1.98. The molecule has 0 aliphatic heterocycles. The van der Waals surface area contributed by atoms with E-state index >= 15 is 0 Å². The van der Waals surface area contributed by atoms with Gasteiger partial charge in [-0.25, -0.2) is 9.97 Å². The first-order valence-corrected chi connectivity index (χ1v) is 5.07. The van der Waals surface area contributed by atoms with Crippen molar-refractivity contribution in [3.05, 3.63) is 24.3 Å². The van der Waals surface area contributed by atoms with Gasteiger partial charge in [-0.15, -0.1) is 0 Å². The quantitative estimate of drug-likeness (QED) is 0.662. The van der Waals surface area contributed by atoms with Crippen LogP contribution in [0.1, 0.15) is 53.3 Å². The molecule has 76 valence electrons. The van der Waals surface area contributed by atoms with Gasteiger partial charge in [-0.1, -0.05) is 41.5 Å². The van der Waals surface area contributed by atoms with Gasteiger partial charge in [0.15, 0.2) is 0 Å². The number of hydrogen-bond donors (Lipinski definition) is 0. The van der Waals surface area contributed by atoms with E-state index < -0.39 is 0 Å². The molecule has 0 radical (unpaired) electrons. The van der Waals surface area contributed by atoms with Gasteiger partial charge >= 0.3 is 0 Å². The van der Waals surface area contributed by atoms with E-state index in [-0.39, 0.29) is 0 Å². The van der Waals surface area contributed by atoms with Crippen molar-refractivity contribution in [3.63, 3.8) is 0 Å². The average molecular weight is 182 g/mol. The first-order valence-electron chi connectivity index (χ1n) is 5.07. The van der Waals surface area contributed by atoms with E-state index in [0.717, 1.165) is 5.82 Å². The molecule has 0 aliphatic carbocycles. The second-order valence-corrected chi connectivity index (χ2v) is 2.26. The van der Waals surface area contributed by atoms with Gasteiger partial charge in [-0.05, 0) is 6.07 Å². The SMILES string of the molecule is CC.CC.CC(C)c1ncccn1. The molecule has 13 heavy (non-hydrogen) atoms. The Labute approximate surface area is 82.4 Å². The van der Waals surface area contributed by atoms with Crippen LogP contribution in [0.3, 0.4) is 0 Å².